The summed E-state index contributed by atoms with van der Waals surface area (Å²) in [5.41, 5.74) is 4.24. The second-order valence-corrected chi connectivity index (χ2v) is 6.81. The highest BCUT2D eigenvalue weighted by molar-refractivity contribution is 5.81. The SMILES string of the molecule is COc1ccc([C@H](C)NC(=O)[C@@H](C)Oc2cc(C)cc(C)c2C)cc1OC. The number of benzene rings is 2. The zero-order valence-corrected chi connectivity index (χ0v) is 17.2. The van der Waals surface area contributed by atoms with Gasteiger partial charge in [-0.25, -0.2) is 0 Å². The lowest BCUT2D eigenvalue weighted by Gasteiger charge is -2.21. The summed E-state index contributed by atoms with van der Waals surface area (Å²) in [6.45, 7) is 9.74. The number of rotatable bonds is 7. The predicted molar refractivity (Wildman–Crippen MR) is 107 cm³/mol. The van der Waals surface area contributed by atoms with Crippen LogP contribution >= 0.6 is 0 Å². The van der Waals surface area contributed by atoms with Gasteiger partial charge >= 0.3 is 0 Å². The van der Waals surface area contributed by atoms with Gasteiger partial charge in [-0.2, -0.15) is 0 Å². The number of hydrogen-bond donors (Lipinski definition) is 1. The van der Waals surface area contributed by atoms with E-state index >= 15 is 0 Å². The van der Waals surface area contributed by atoms with Crippen molar-refractivity contribution in [3.05, 3.63) is 52.6 Å². The maximum absolute atomic E-state index is 12.6. The van der Waals surface area contributed by atoms with Crippen LogP contribution in [0.5, 0.6) is 17.2 Å². The summed E-state index contributed by atoms with van der Waals surface area (Å²) in [6, 6.07) is 9.48. The Hall–Kier alpha value is -2.69. The van der Waals surface area contributed by atoms with Crippen LogP contribution in [0.2, 0.25) is 0 Å². The number of amides is 1. The lowest BCUT2D eigenvalue weighted by molar-refractivity contribution is -0.127. The molecule has 0 aliphatic carbocycles. The smallest absolute Gasteiger partial charge is 0.261 e. The Labute approximate surface area is 161 Å². The molecule has 1 N–H and O–H groups in total. The molecular formula is C22H29NO4. The zero-order chi connectivity index (χ0) is 20.1. The zero-order valence-electron chi connectivity index (χ0n) is 17.2. The first-order valence-corrected chi connectivity index (χ1v) is 9.03. The van der Waals surface area contributed by atoms with Crippen molar-refractivity contribution in [3.8, 4) is 17.2 Å². The second-order valence-electron chi connectivity index (χ2n) is 6.81. The first-order valence-electron chi connectivity index (χ1n) is 9.03. The van der Waals surface area contributed by atoms with Crippen molar-refractivity contribution >= 4 is 5.91 Å². The fourth-order valence-electron chi connectivity index (χ4n) is 2.90. The van der Waals surface area contributed by atoms with Gasteiger partial charge < -0.3 is 19.5 Å². The van der Waals surface area contributed by atoms with Crippen LogP contribution in [0.25, 0.3) is 0 Å². The molecule has 0 fully saturated rings. The fraction of sp³-hybridized carbons (Fsp3) is 0.409. The number of carbonyl (C=O) groups is 1. The third-order valence-corrected chi connectivity index (χ3v) is 4.70. The van der Waals surface area contributed by atoms with E-state index in [-0.39, 0.29) is 11.9 Å². The van der Waals surface area contributed by atoms with Gasteiger partial charge in [0.25, 0.3) is 5.91 Å². The highest BCUT2D eigenvalue weighted by Crippen LogP contribution is 2.30. The minimum absolute atomic E-state index is 0.171. The summed E-state index contributed by atoms with van der Waals surface area (Å²) in [4.78, 5) is 12.6. The van der Waals surface area contributed by atoms with Crippen LogP contribution in [0.4, 0.5) is 0 Å². The average Bonchev–Trinajstić information content (AvgIpc) is 2.64. The quantitative estimate of drug-likeness (QED) is 0.789. The molecule has 5 nitrogen and oxygen atoms in total. The first kappa shape index (κ1) is 20.6. The monoisotopic (exact) mass is 371 g/mol. The van der Waals surface area contributed by atoms with E-state index < -0.39 is 6.10 Å². The van der Waals surface area contributed by atoms with Crippen LogP contribution in [-0.2, 0) is 4.79 Å². The number of carbonyl (C=O) groups excluding carboxylic acids is 1. The van der Waals surface area contributed by atoms with Crippen molar-refractivity contribution in [1.29, 1.82) is 0 Å². The van der Waals surface area contributed by atoms with Gasteiger partial charge in [-0.1, -0.05) is 12.1 Å². The standard InChI is InChI=1S/C22H29NO4/c1-13-10-14(2)15(3)20(11-13)27-17(5)22(24)23-16(4)18-8-9-19(25-6)21(12-18)26-7/h8-12,16-17H,1-7H3,(H,23,24)/t16-,17+/m0/s1. The van der Waals surface area contributed by atoms with Crippen molar-refractivity contribution < 1.29 is 19.0 Å². The van der Waals surface area contributed by atoms with Crippen LogP contribution < -0.4 is 19.5 Å². The molecule has 2 rings (SSSR count). The number of methoxy groups -OCH3 is 2. The molecule has 0 bridgehead atoms. The molecule has 0 aliphatic rings. The van der Waals surface area contributed by atoms with E-state index in [1.165, 1.54) is 0 Å². The van der Waals surface area contributed by atoms with Crippen LogP contribution in [0.15, 0.2) is 30.3 Å². The van der Waals surface area contributed by atoms with Crippen LogP contribution in [0.1, 0.15) is 42.1 Å². The van der Waals surface area contributed by atoms with E-state index in [9.17, 15) is 4.79 Å². The van der Waals surface area contributed by atoms with E-state index in [1.807, 2.05) is 52.0 Å². The minimum atomic E-state index is -0.604. The second kappa shape index (κ2) is 8.80. The van der Waals surface area contributed by atoms with E-state index in [1.54, 1.807) is 21.1 Å². The lowest BCUT2D eigenvalue weighted by Crippen LogP contribution is -2.37. The maximum Gasteiger partial charge on any atom is 0.261 e. The highest BCUT2D eigenvalue weighted by atomic mass is 16.5. The van der Waals surface area contributed by atoms with Gasteiger partial charge in [-0.15, -0.1) is 0 Å². The Morgan fingerprint density at radius 3 is 2.22 bits per heavy atom. The third kappa shape index (κ3) is 4.94. The Morgan fingerprint density at radius 1 is 0.926 bits per heavy atom. The molecule has 2 atom stereocenters. The molecule has 146 valence electrons. The van der Waals surface area contributed by atoms with Gasteiger partial charge in [-0.05, 0) is 75.1 Å². The maximum atomic E-state index is 12.6. The Bertz CT molecular complexity index is 816. The van der Waals surface area contributed by atoms with Crippen molar-refractivity contribution in [1.82, 2.24) is 5.32 Å². The van der Waals surface area contributed by atoms with Gasteiger partial charge in [0.15, 0.2) is 17.6 Å². The van der Waals surface area contributed by atoms with Gasteiger partial charge in [0.2, 0.25) is 0 Å². The summed E-state index contributed by atoms with van der Waals surface area (Å²) in [5, 5.41) is 2.99. The van der Waals surface area contributed by atoms with Gasteiger partial charge in [-0.3, -0.25) is 4.79 Å². The number of ether oxygens (including phenoxy) is 3. The predicted octanol–water partition coefficient (Wildman–Crippen LogP) is 4.27. The summed E-state index contributed by atoms with van der Waals surface area (Å²) in [5.74, 6) is 1.86. The normalized spacial score (nSPS) is 12.9. The lowest BCUT2D eigenvalue weighted by atomic mass is 10.1. The first-order chi connectivity index (χ1) is 12.8. The van der Waals surface area contributed by atoms with Gasteiger partial charge in [0, 0.05) is 0 Å². The summed E-state index contributed by atoms with van der Waals surface area (Å²) < 4.78 is 16.5. The molecule has 0 unspecified atom stereocenters. The molecule has 0 aliphatic heterocycles. The van der Waals surface area contributed by atoms with Gasteiger partial charge in [0.1, 0.15) is 5.75 Å². The minimum Gasteiger partial charge on any atom is -0.493 e. The Balaban J connectivity index is 2.08. The van der Waals surface area contributed by atoms with Crippen molar-refractivity contribution in [2.45, 2.75) is 46.8 Å². The number of hydrogen-bond acceptors (Lipinski definition) is 4. The number of aryl methyl sites for hydroxylation is 2. The number of nitrogens with one attached hydrogen (secondary N) is 1. The molecular weight excluding hydrogens is 342 g/mol. The van der Waals surface area contributed by atoms with Crippen molar-refractivity contribution in [2.75, 3.05) is 14.2 Å². The Kier molecular flexibility index (Phi) is 6.72. The summed E-state index contributed by atoms with van der Waals surface area (Å²) in [7, 11) is 3.18. The van der Waals surface area contributed by atoms with E-state index in [0.717, 1.165) is 28.0 Å². The third-order valence-electron chi connectivity index (χ3n) is 4.70. The fourth-order valence-corrected chi connectivity index (χ4v) is 2.90. The average molecular weight is 371 g/mol. The molecule has 2 aromatic carbocycles. The molecule has 5 heteroatoms. The molecule has 1 amide bonds. The molecule has 27 heavy (non-hydrogen) atoms. The van der Waals surface area contributed by atoms with E-state index in [0.29, 0.717) is 11.5 Å². The molecule has 0 aromatic heterocycles. The largest absolute Gasteiger partial charge is 0.493 e. The van der Waals surface area contributed by atoms with Crippen LogP contribution in [0.3, 0.4) is 0 Å². The van der Waals surface area contributed by atoms with E-state index in [2.05, 4.69) is 11.4 Å². The molecule has 0 heterocycles. The summed E-state index contributed by atoms with van der Waals surface area (Å²) in [6.07, 6.45) is -0.604. The Morgan fingerprint density at radius 2 is 1.59 bits per heavy atom. The molecule has 0 saturated carbocycles. The molecule has 0 spiro atoms. The van der Waals surface area contributed by atoms with Crippen molar-refractivity contribution in [2.24, 2.45) is 0 Å². The highest BCUT2D eigenvalue weighted by Gasteiger charge is 2.20. The molecule has 0 radical (unpaired) electrons. The van der Waals surface area contributed by atoms with Crippen LogP contribution in [-0.4, -0.2) is 26.2 Å². The summed E-state index contributed by atoms with van der Waals surface area (Å²) >= 11 is 0. The van der Waals surface area contributed by atoms with Crippen LogP contribution in [0, 0.1) is 20.8 Å². The van der Waals surface area contributed by atoms with Gasteiger partial charge in [0.05, 0.1) is 20.3 Å². The molecule has 2 aromatic rings. The van der Waals surface area contributed by atoms with E-state index in [4.69, 9.17) is 14.2 Å². The topological polar surface area (TPSA) is 56.8 Å². The van der Waals surface area contributed by atoms with Crippen molar-refractivity contribution in [3.63, 3.8) is 0 Å². The molecule has 0 saturated heterocycles.